The van der Waals surface area contributed by atoms with Crippen LogP contribution < -0.4 is 15.8 Å². The summed E-state index contributed by atoms with van der Waals surface area (Å²) in [5.41, 5.74) is 8.99. The first-order valence-electron chi connectivity index (χ1n) is 11.6. The quantitative estimate of drug-likeness (QED) is 0.401. The number of nitrogens with one attached hydrogen (secondary N) is 1. The molecule has 2 fully saturated rings. The van der Waals surface area contributed by atoms with E-state index in [2.05, 4.69) is 5.32 Å². The SMILES string of the molecule is NC1(O)CN(Cc2ccc(COc3cccc4c3CN(C3CCC(=O)NC3=O)C4=O)cc2)CCO1. The number of nitrogens with zero attached hydrogens (tertiary/aromatic N) is 2. The van der Waals surface area contributed by atoms with E-state index in [1.165, 1.54) is 4.90 Å². The molecule has 184 valence electrons. The standard InChI is InChI=1S/C25H28N4O6/c26-25(33)15-28(10-11-35-25)12-16-4-6-17(7-5-16)14-34-21-3-1-2-18-19(21)13-29(24(18)32)20-8-9-22(30)27-23(20)31/h1-7,20,33H,8-15,26H2,(H,27,30,31). The number of morpholine rings is 1. The first-order chi connectivity index (χ1) is 16.8. The number of aliphatic hydroxyl groups is 1. The Bertz CT molecular complexity index is 1150. The molecule has 2 atom stereocenters. The van der Waals surface area contributed by atoms with Crippen molar-refractivity contribution in [3.63, 3.8) is 0 Å². The molecule has 0 spiro atoms. The fraction of sp³-hybridized carbons (Fsp3) is 0.400. The zero-order valence-corrected chi connectivity index (χ0v) is 19.2. The van der Waals surface area contributed by atoms with Gasteiger partial charge in [-0.1, -0.05) is 30.3 Å². The Morgan fingerprint density at radius 2 is 1.91 bits per heavy atom. The number of carbonyl (C=O) groups excluding carboxylic acids is 3. The van der Waals surface area contributed by atoms with E-state index in [1.54, 1.807) is 12.1 Å². The lowest BCUT2D eigenvalue weighted by atomic mass is 10.0. The van der Waals surface area contributed by atoms with Gasteiger partial charge in [0, 0.05) is 30.6 Å². The maximum atomic E-state index is 13.0. The van der Waals surface area contributed by atoms with E-state index in [0.717, 1.165) is 16.7 Å². The fourth-order valence-electron chi connectivity index (χ4n) is 4.78. The van der Waals surface area contributed by atoms with Crippen LogP contribution in [0.5, 0.6) is 5.75 Å². The lowest BCUT2D eigenvalue weighted by Gasteiger charge is -2.36. The highest BCUT2D eigenvalue weighted by atomic mass is 16.6. The minimum atomic E-state index is -1.61. The second-order valence-electron chi connectivity index (χ2n) is 9.19. The summed E-state index contributed by atoms with van der Waals surface area (Å²) >= 11 is 0. The fourth-order valence-corrected chi connectivity index (χ4v) is 4.78. The topological polar surface area (TPSA) is 134 Å². The molecule has 10 nitrogen and oxygen atoms in total. The van der Waals surface area contributed by atoms with Crippen LogP contribution in [0.3, 0.4) is 0 Å². The van der Waals surface area contributed by atoms with Gasteiger partial charge in [-0.2, -0.15) is 0 Å². The highest BCUT2D eigenvalue weighted by Crippen LogP contribution is 2.34. The minimum absolute atomic E-state index is 0.217. The van der Waals surface area contributed by atoms with Crippen LogP contribution >= 0.6 is 0 Å². The van der Waals surface area contributed by atoms with Crippen LogP contribution in [-0.4, -0.2) is 64.3 Å². The van der Waals surface area contributed by atoms with Gasteiger partial charge in [0.15, 0.2) is 0 Å². The average Bonchev–Trinajstić information content (AvgIpc) is 3.15. The van der Waals surface area contributed by atoms with Gasteiger partial charge in [-0.25, -0.2) is 0 Å². The van der Waals surface area contributed by atoms with E-state index in [1.807, 2.05) is 35.2 Å². The van der Waals surface area contributed by atoms with Gasteiger partial charge in [0.05, 0.1) is 19.7 Å². The zero-order chi connectivity index (χ0) is 24.6. The molecule has 2 aromatic carbocycles. The van der Waals surface area contributed by atoms with E-state index in [0.29, 0.717) is 44.0 Å². The summed E-state index contributed by atoms with van der Waals surface area (Å²) in [7, 11) is 0. The number of hydrogen-bond donors (Lipinski definition) is 3. The van der Waals surface area contributed by atoms with Gasteiger partial charge in [0.2, 0.25) is 17.7 Å². The Balaban J connectivity index is 1.22. The molecule has 35 heavy (non-hydrogen) atoms. The summed E-state index contributed by atoms with van der Waals surface area (Å²) in [6.07, 6.45) is 0.538. The van der Waals surface area contributed by atoms with Crippen LogP contribution in [0.2, 0.25) is 0 Å². The third-order valence-electron chi connectivity index (χ3n) is 6.57. The van der Waals surface area contributed by atoms with Gasteiger partial charge in [-0.3, -0.25) is 30.3 Å². The smallest absolute Gasteiger partial charge is 0.255 e. The number of piperidine rings is 1. The van der Waals surface area contributed by atoms with Crippen molar-refractivity contribution in [1.82, 2.24) is 15.1 Å². The van der Waals surface area contributed by atoms with Crippen LogP contribution in [0, 0.1) is 0 Å². The normalized spacial score (nSPS) is 24.9. The summed E-state index contributed by atoms with van der Waals surface area (Å²) < 4.78 is 11.2. The van der Waals surface area contributed by atoms with Crippen LogP contribution in [0.1, 0.15) is 39.9 Å². The van der Waals surface area contributed by atoms with Crippen LogP contribution in [0.15, 0.2) is 42.5 Å². The molecule has 0 bridgehead atoms. The van der Waals surface area contributed by atoms with Gasteiger partial charge in [-0.05, 0) is 29.7 Å². The molecule has 5 rings (SSSR count). The van der Waals surface area contributed by atoms with Gasteiger partial charge < -0.3 is 19.5 Å². The Labute approximate surface area is 202 Å². The number of ether oxygens (including phenoxy) is 2. The van der Waals surface area contributed by atoms with Crippen molar-refractivity contribution in [1.29, 1.82) is 0 Å². The molecule has 2 aromatic rings. The Kier molecular flexibility index (Phi) is 6.28. The average molecular weight is 481 g/mol. The predicted molar refractivity (Wildman–Crippen MR) is 124 cm³/mol. The molecule has 2 saturated heterocycles. The maximum absolute atomic E-state index is 13.0. The molecular formula is C25H28N4O6. The molecule has 2 unspecified atom stereocenters. The van der Waals surface area contributed by atoms with Crippen molar-refractivity contribution < 1.29 is 29.0 Å². The van der Waals surface area contributed by atoms with Crippen LogP contribution in [-0.2, 0) is 34.0 Å². The minimum Gasteiger partial charge on any atom is -0.489 e. The third-order valence-corrected chi connectivity index (χ3v) is 6.57. The number of hydrogen-bond acceptors (Lipinski definition) is 8. The Hall–Kier alpha value is -3.31. The van der Waals surface area contributed by atoms with Crippen LogP contribution in [0.4, 0.5) is 0 Å². The number of amides is 3. The summed E-state index contributed by atoms with van der Waals surface area (Å²) in [6, 6.07) is 12.6. The molecule has 4 N–H and O–H groups in total. The second-order valence-corrected chi connectivity index (χ2v) is 9.19. The van der Waals surface area contributed by atoms with Crippen molar-refractivity contribution in [2.45, 2.75) is 44.5 Å². The second kappa shape index (κ2) is 9.38. The molecule has 0 saturated carbocycles. The van der Waals surface area contributed by atoms with Crippen molar-refractivity contribution in [2.24, 2.45) is 5.73 Å². The monoisotopic (exact) mass is 480 g/mol. The molecular weight excluding hydrogens is 452 g/mol. The van der Waals surface area contributed by atoms with Crippen LogP contribution in [0.25, 0.3) is 0 Å². The third kappa shape index (κ3) is 5.06. The number of β-amino-alcohol motifs (C(OH)–C–C–N with tert-alkyl or cyclic N) is 1. The molecule has 3 aliphatic rings. The predicted octanol–water partition coefficient (Wildman–Crippen LogP) is 0.464. The Morgan fingerprint density at radius 3 is 2.66 bits per heavy atom. The Morgan fingerprint density at radius 1 is 1.14 bits per heavy atom. The highest BCUT2D eigenvalue weighted by molar-refractivity contribution is 6.05. The number of rotatable bonds is 6. The number of benzene rings is 2. The number of carbonyl (C=O) groups is 3. The molecule has 3 aliphatic heterocycles. The summed E-state index contributed by atoms with van der Waals surface area (Å²) in [6.45, 7) is 2.55. The lowest BCUT2D eigenvalue weighted by molar-refractivity contribution is -0.236. The van der Waals surface area contributed by atoms with Crippen molar-refractivity contribution >= 4 is 17.7 Å². The summed E-state index contributed by atoms with van der Waals surface area (Å²) in [5.74, 6) is -1.98. The van der Waals surface area contributed by atoms with E-state index in [4.69, 9.17) is 15.2 Å². The zero-order valence-electron chi connectivity index (χ0n) is 19.2. The molecule has 3 amide bonds. The first kappa shape index (κ1) is 23.4. The van der Waals surface area contributed by atoms with Gasteiger partial charge >= 0.3 is 0 Å². The van der Waals surface area contributed by atoms with Crippen molar-refractivity contribution in [2.75, 3.05) is 19.7 Å². The van der Waals surface area contributed by atoms with Gasteiger partial charge in [0.25, 0.3) is 5.91 Å². The van der Waals surface area contributed by atoms with E-state index < -0.39 is 17.9 Å². The maximum Gasteiger partial charge on any atom is 0.255 e. The summed E-state index contributed by atoms with van der Waals surface area (Å²) in [4.78, 5) is 40.3. The van der Waals surface area contributed by atoms with Gasteiger partial charge in [-0.15, -0.1) is 0 Å². The molecule has 3 heterocycles. The molecule has 0 radical (unpaired) electrons. The number of fused-ring (bicyclic) bond motifs is 1. The number of imide groups is 1. The van der Waals surface area contributed by atoms with E-state index >= 15 is 0 Å². The molecule has 0 aromatic heterocycles. The lowest BCUT2D eigenvalue weighted by Crippen LogP contribution is -2.57. The first-order valence-corrected chi connectivity index (χ1v) is 11.6. The molecule has 10 heteroatoms. The highest BCUT2D eigenvalue weighted by Gasteiger charge is 2.40. The largest absolute Gasteiger partial charge is 0.489 e. The van der Waals surface area contributed by atoms with Gasteiger partial charge in [0.1, 0.15) is 18.4 Å². The summed E-state index contributed by atoms with van der Waals surface area (Å²) in [5, 5.41) is 12.2. The molecule has 0 aliphatic carbocycles. The van der Waals surface area contributed by atoms with Crippen molar-refractivity contribution in [3.8, 4) is 5.75 Å². The van der Waals surface area contributed by atoms with Crippen molar-refractivity contribution in [3.05, 3.63) is 64.7 Å². The van der Waals surface area contributed by atoms with E-state index in [-0.39, 0.29) is 31.3 Å². The van der Waals surface area contributed by atoms with E-state index in [9.17, 15) is 19.5 Å². The number of nitrogens with two attached hydrogens (primary N) is 1.